The molecule has 23 heavy (non-hydrogen) atoms. The summed E-state index contributed by atoms with van der Waals surface area (Å²) in [6, 6.07) is 3.85. The molecule has 0 spiro atoms. The highest BCUT2D eigenvalue weighted by molar-refractivity contribution is 7.23. The van der Waals surface area contributed by atoms with Crippen LogP contribution in [-0.4, -0.2) is 42.5 Å². The van der Waals surface area contributed by atoms with Crippen molar-refractivity contribution >= 4 is 40.2 Å². The highest BCUT2D eigenvalue weighted by atomic mass is 35.5. The Labute approximate surface area is 149 Å². The standard InChI is InChI=1S/C16H20ClN3OS2/c1-18-9-11-4-6-20(7-5-11)15(21)8-12-10-22-16(19-12)13-2-3-14(17)23-13/h2-3,10-11,18H,4-9H2,1H3. The van der Waals surface area contributed by atoms with E-state index < -0.39 is 0 Å². The van der Waals surface area contributed by atoms with Gasteiger partial charge in [0, 0.05) is 18.5 Å². The summed E-state index contributed by atoms with van der Waals surface area (Å²) < 4.78 is 0.761. The second kappa shape index (κ2) is 7.75. The van der Waals surface area contributed by atoms with Gasteiger partial charge in [-0.15, -0.1) is 22.7 Å². The summed E-state index contributed by atoms with van der Waals surface area (Å²) in [4.78, 5) is 20.1. The average molecular weight is 370 g/mol. The molecule has 0 aliphatic carbocycles. The van der Waals surface area contributed by atoms with Crippen LogP contribution in [-0.2, 0) is 11.2 Å². The molecule has 1 fully saturated rings. The van der Waals surface area contributed by atoms with Crippen LogP contribution < -0.4 is 5.32 Å². The third-order valence-electron chi connectivity index (χ3n) is 4.13. The largest absolute Gasteiger partial charge is 0.342 e. The Kier molecular flexibility index (Phi) is 5.69. The number of amides is 1. The lowest BCUT2D eigenvalue weighted by atomic mass is 9.96. The lowest BCUT2D eigenvalue weighted by Crippen LogP contribution is -2.41. The summed E-state index contributed by atoms with van der Waals surface area (Å²) in [6.45, 7) is 2.77. The second-order valence-electron chi connectivity index (χ2n) is 5.81. The monoisotopic (exact) mass is 369 g/mol. The van der Waals surface area contributed by atoms with Crippen LogP contribution in [0.5, 0.6) is 0 Å². The van der Waals surface area contributed by atoms with Gasteiger partial charge in [0.25, 0.3) is 0 Å². The van der Waals surface area contributed by atoms with E-state index in [0.29, 0.717) is 12.3 Å². The van der Waals surface area contributed by atoms with Crippen molar-refractivity contribution in [2.45, 2.75) is 19.3 Å². The first-order chi connectivity index (χ1) is 11.2. The van der Waals surface area contributed by atoms with Gasteiger partial charge >= 0.3 is 0 Å². The predicted molar refractivity (Wildman–Crippen MR) is 97.4 cm³/mol. The van der Waals surface area contributed by atoms with Crippen LogP contribution in [0.25, 0.3) is 9.88 Å². The number of carbonyl (C=O) groups is 1. The van der Waals surface area contributed by atoms with Gasteiger partial charge in [-0.3, -0.25) is 4.79 Å². The summed E-state index contributed by atoms with van der Waals surface area (Å²) in [5, 5.41) is 6.14. The van der Waals surface area contributed by atoms with Gasteiger partial charge in [-0.05, 0) is 44.5 Å². The van der Waals surface area contributed by atoms with Gasteiger partial charge in [-0.2, -0.15) is 0 Å². The van der Waals surface area contributed by atoms with Crippen LogP contribution >= 0.6 is 34.3 Å². The summed E-state index contributed by atoms with van der Waals surface area (Å²) in [5.74, 6) is 0.882. The molecule has 4 nitrogen and oxygen atoms in total. The molecule has 1 saturated heterocycles. The molecule has 2 aromatic rings. The van der Waals surface area contributed by atoms with E-state index in [1.165, 1.54) is 11.3 Å². The van der Waals surface area contributed by atoms with Crippen LogP contribution in [0, 0.1) is 5.92 Å². The molecule has 3 rings (SSSR count). The zero-order valence-electron chi connectivity index (χ0n) is 13.0. The second-order valence-corrected chi connectivity index (χ2v) is 8.38. The summed E-state index contributed by atoms with van der Waals surface area (Å²) in [6.07, 6.45) is 2.57. The Balaban J connectivity index is 1.55. The molecule has 1 amide bonds. The number of carbonyl (C=O) groups excluding carboxylic acids is 1. The topological polar surface area (TPSA) is 45.2 Å². The zero-order chi connectivity index (χ0) is 16.2. The number of piperidine rings is 1. The van der Waals surface area contributed by atoms with Crippen LogP contribution in [0.2, 0.25) is 4.34 Å². The van der Waals surface area contributed by atoms with Crippen molar-refractivity contribution in [1.82, 2.24) is 15.2 Å². The minimum Gasteiger partial charge on any atom is -0.342 e. The number of thiazole rings is 1. The van der Waals surface area contributed by atoms with Gasteiger partial charge in [0.2, 0.25) is 5.91 Å². The number of halogens is 1. The fourth-order valence-corrected chi connectivity index (χ4v) is 4.81. The zero-order valence-corrected chi connectivity index (χ0v) is 15.4. The molecular formula is C16H20ClN3OS2. The van der Waals surface area contributed by atoms with E-state index in [1.807, 2.05) is 29.5 Å². The molecule has 0 atom stereocenters. The third-order valence-corrected chi connectivity index (χ3v) is 6.42. The van der Waals surface area contributed by atoms with E-state index >= 15 is 0 Å². The molecular weight excluding hydrogens is 350 g/mol. The van der Waals surface area contributed by atoms with Gasteiger partial charge in [-0.1, -0.05) is 11.6 Å². The van der Waals surface area contributed by atoms with Crippen LogP contribution in [0.4, 0.5) is 0 Å². The molecule has 0 bridgehead atoms. The first-order valence-corrected chi connectivity index (χ1v) is 9.85. The van der Waals surface area contributed by atoms with Crippen molar-refractivity contribution in [3.8, 4) is 9.88 Å². The lowest BCUT2D eigenvalue weighted by Gasteiger charge is -2.31. The maximum Gasteiger partial charge on any atom is 0.228 e. The minimum atomic E-state index is 0.189. The first-order valence-electron chi connectivity index (χ1n) is 7.78. The van der Waals surface area contributed by atoms with E-state index in [9.17, 15) is 4.79 Å². The smallest absolute Gasteiger partial charge is 0.228 e. The third kappa shape index (κ3) is 4.32. The van der Waals surface area contributed by atoms with Crippen molar-refractivity contribution in [3.63, 3.8) is 0 Å². The molecule has 0 aromatic carbocycles. The van der Waals surface area contributed by atoms with E-state index in [-0.39, 0.29) is 5.91 Å². The molecule has 7 heteroatoms. The van der Waals surface area contributed by atoms with Gasteiger partial charge in [0.1, 0.15) is 5.01 Å². The highest BCUT2D eigenvalue weighted by Gasteiger charge is 2.23. The van der Waals surface area contributed by atoms with Crippen LogP contribution in [0.3, 0.4) is 0 Å². The maximum atomic E-state index is 12.4. The Bertz CT molecular complexity index is 662. The van der Waals surface area contributed by atoms with Crippen molar-refractivity contribution in [3.05, 3.63) is 27.5 Å². The number of thiophene rings is 1. The number of likely N-dealkylation sites (tertiary alicyclic amines) is 1. The highest BCUT2D eigenvalue weighted by Crippen LogP contribution is 2.33. The van der Waals surface area contributed by atoms with Crippen LogP contribution in [0.15, 0.2) is 17.5 Å². The molecule has 0 radical (unpaired) electrons. The lowest BCUT2D eigenvalue weighted by molar-refractivity contribution is -0.131. The molecule has 1 aliphatic rings. The number of aromatic nitrogens is 1. The van der Waals surface area contributed by atoms with Crippen molar-refractivity contribution in [2.75, 3.05) is 26.7 Å². The molecule has 0 saturated carbocycles. The quantitative estimate of drug-likeness (QED) is 0.876. The maximum absolute atomic E-state index is 12.4. The Morgan fingerprint density at radius 3 is 2.87 bits per heavy atom. The number of hydrogen-bond donors (Lipinski definition) is 1. The number of rotatable bonds is 5. The van der Waals surface area contributed by atoms with E-state index in [1.54, 1.807) is 11.3 Å². The molecule has 0 unspecified atom stereocenters. The van der Waals surface area contributed by atoms with Crippen molar-refractivity contribution in [2.24, 2.45) is 5.92 Å². The number of hydrogen-bond acceptors (Lipinski definition) is 5. The summed E-state index contributed by atoms with van der Waals surface area (Å²) in [5.41, 5.74) is 0.858. The average Bonchev–Trinajstić information content (AvgIpc) is 3.17. The molecule has 2 aromatic heterocycles. The van der Waals surface area contributed by atoms with Crippen molar-refractivity contribution < 1.29 is 4.79 Å². The molecule has 3 heterocycles. The van der Waals surface area contributed by atoms with Gasteiger partial charge in [0.15, 0.2) is 0 Å². The SMILES string of the molecule is CNCC1CCN(C(=O)Cc2csc(-c3ccc(Cl)s3)n2)CC1. The van der Waals surface area contributed by atoms with E-state index in [2.05, 4.69) is 10.3 Å². The van der Waals surface area contributed by atoms with Crippen LogP contribution in [0.1, 0.15) is 18.5 Å². The van der Waals surface area contributed by atoms with Gasteiger partial charge < -0.3 is 10.2 Å². The van der Waals surface area contributed by atoms with Gasteiger partial charge in [-0.25, -0.2) is 4.98 Å². The Morgan fingerprint density at radius 2 is 2.22 bits per heavy atom. The first kappa shape index (κ1) is 16.9. The van der Waals surface area contributed by atoms with Gasteiger partial charge in [0.05, 0.1) is 21.3 Å². The van der Waals surface area contributed by atoms with E-state index in [4.69, 9.17) is 11.6 Å². The molecule has 1 aliphatic heterocycles. The Hall–Kier alpha value is -0.950. The fourth-order valence-electron chi connectivity index (χ4n) is 2.87. The van der Waals surface area contributed by atoms with E-state index in [0.717, 1.165) is 52.4 Å². The minimum absolute atomic E-state index is 0.189. The summed E-state index contributed by atoms with van der Waals surface area (Å²) >= 11 is 9.06. The number of nitrogens with one attached hydrogen (secondary N) is 1. The molecule has 124 valence electrons. The molecule has 1 N–H and O–H groups in total. The normalized spacial score (nSPS) is 16.0. The van der Waals surface area contributed by atoms with Crippen molar-refractivity contribution in [1.29, 1.82) is 0 Å². The summed E-state index contributed by atoms with van der Waals surface area (Å²) in [7, 11) is 1.98. The Morgan fingerprint density at radius 1 is 1.43 bits per heavy atom. The fraction of sp³-hybridized carbons (Fsp3) is 0.500. The number of nitrogens with zero attached hydrogens (tertiary/aromatic N) is 2. The predicted octanol–water partition coefficient (Wildman–Crippen LogP) is 3.53.